The van der Waals surface area contributed by atoms with Gasteiger partial charge < -0.3 is 14.5 Å². The molecule has 0 aliphatic carbocycles. The van der Waals surface area contributed by atoms with Crippen molar-refractivity contribution in [2.45, 2.75) is 13.1 Å². The van der Waals surface area contributed by atoms with Crippen LogP contribution in [0, 0.1) is 12.7 Å². The Morgan fingerprint density at radius 2 is 1.60 bits per heavy atom. The Morgan fingerprint density at radius 3 is 2.29 bits per heavy atom. The normalized spacial score (nSPS) is 15.5. The lowest BCUT2D eigenvalue weighted by Gasteiger charge is -2.36. The maximum Gasteiger partial charge on any atom is 0.416 e. The van der Waals surface area contributed by atoms with Crippen molar-refractivity contribution in [1.82, 2.24) is 9.80 Å². The van der Waals surface area contributed by atoms with E-state index in [1.54, 1.807) is 11.0 Å². The van der Waals surface area contributed by atoms with Crippen LogP contribution in [0.25, 0.3) is 0 Å². The van der Waals surface area contributed by atoms with Crippen molar-refractivity contribution >= 4 is 17.4 Å². The third-order valence-electron chi connectivity index (χ3n) is 6.07. The zero-order valence-electron chi connectivity index (χ0n) is 18.8. The Bertz CT molecular complexity index is 1310. The number of fused-ring (bicyclic) bond motifs is 2. The summed E-state index contributed by atoms with van der Waals surface area (Å²) in [6.45, 7) is 3.53. The second kappa shape index (κ2) is 8.72. The lowest BCUT2D eigenvalue weighted by atomic mass is 10.1. The Hall–Kier alpha value is -3.88. The molecule has 180 valence electrons. The molecule has 1 fully saturated rings. The first-order valence-corrected chi connectivity index (χ1v) is 11.1. The van der Waals surface area contributed by atoms with E-state index in [0.29, 0.717) is 48.9 Å². The van der Waals surface area contributed by atoms with Gasteiger partial charge in [-0.3, -0.25) is 4.79 Å². The van der Waals surface area contributed by atoms with Crippen molar-refractivity contribution < 1.29 is 27.1 Å². The smallest absolute Gasteiger partial charge is 0.416 e. The SMILES string of the molecule is Cc1ccc2c(c1)C(N1CCN(C(=O)c3ccc(F)cc3)CC1)=Nc1cc(C(F)(F)F)ccc1O2. The second-order valence-corrected chi connectivity index (χ2v) is 8.50. The Morgan fingerprint density at radius 1 is 0.914 bits per heavy atom. The molecule has 0 unspecified atom stereocenters. The molecular weight excluding hydrogens is 462 g/mol. The van der Waals surface area contributed by atoms with E-state index in [-0.39, 0.29) is 17.3 Å². The number of amides is 1. The van der Waals surface area contributed by atoms with Gasteiger partial charge in [-0.25, -0.2) is 9.38 Å². The first-order chi connectivity index (χ1) is 16.7. The highest BCUT2D eigenvalue weighted by molar-refractivity contribution is 6.04. The van der Waals surface area contributed by atoms with Crippen LogP contribution in [-0.2, 0) is 6.18 Å². The number of amidine groups is 1. The molecule has 9 heteroatoms. The molecule has 2 aliphatic rings. The molecule has 0 spiro atoms. The number of halogens is 4. The summed E-state index contributed by atoms with van der Waals surface area (Å²) in [5.74, 6) is 0.617. The average molecular weight is 483 g/mol. The lowest BCUT2D eigenvalue weighted by molar-refractivity contribution is -0.137. The van der Waals surface area contributed by atoms with Gasteiger partial charge in [-0.1, -0.05) is 11.6 Å². The van der Waals surface area contributed by atoms with Crippen LogP contribution in [0.1, 0.15) is 27.0 Å². The maximum absolute atomic E-state index is 13.3. The first-order valence-electron chi connectivity index (χ1n) is 11.1. The topological polar surface area (TPSA) is 45.1 Å². The molecule has 3 aromatic rings. The van der Waals surface area contributed by atoms with Gasteiger partial charge >= 0.3 is 6.18 Å². The number of benzene rings is 3. The third-order valence-corrected chi connectivity index (χ3v) is 6.07. The number of nitrogens with zero attached hydrogens (tertiary/aromatic N) is 3. The van der Waals surface area contributed by atoms with Crippen LogP contribution in [0.3, 0.4) is 0 Å². The Balaban J connectivity index is 1.46. The zero-order chi connectivity index (χ0) is 24.7. The van der Waals surface area contributed by atoms with Crippen LogP contribution in [0.5, 0.6) is 11.5 Å². The highest BCUT2D eigenvalue weighted by Crippen LogP contribution is 2.42. The number of alkyl halides is 3. The van der Waals surface area contributed by atoms with Crippen LogP contribution in [0.4, 0.5) is 23.2 Å². The highest BCUT2D eigenvalue weighted by atomic mass is 19.4. The van der Waals surface area contributed by atoms with Crippen molar-refractivity contribution in [3.63, 3.8) is 0 Å². The van der Waals surface area contributed by atoms with Crippen molar-refractivity contribution in [3.05, 3.63) is 88.7 Å². The van der Waals surface area contributed by atoms with Gasteiger partial charge in [0.2, 0.25) is 0 Å². The van der Waals surface area contributed by atoms with Crippen LogP contribution in [0.2, 0.25) is 0 Å². The summed E-state index contributed by atoms with van der Waals surface area (Å²) in [6.07, 6.45) is -4.51. The molecule has 1 amide bonds. The molecular formula is C26H21F4N3O2. The fourth-order valence-corrected chi connectivity index (χ4v) is 4.21. The number of hydrogen-bond donors (Lipinski definition) is 0. The minimum absolute atomic E-state index is 0.0912. The monoisotopic (exact) mass is 483 g/mol. The molecule has 3 aromatic carbocycles. The number of carbonyl (C=O) groups is 1. The molecule has 0 atom stereocenters. The van der Waals surface area contributed by atoms with Crippen LogP contribution in [0.15, 0.2) is 65.7 Å². The van der Waals surface area contributed by atoms with Gasteiger partial charge in [0, 0.05) is 31.7 Å². The summed E-state index contributed by atoms with van der Waals surface area (Å²) in [6, 6.07) is 14.2. The number of aliphatic imine (C=N–C) groups is 1. The standard InChI is InChI=1S/C26H21F4N3O2/c1-16-2-8-22-20(14-16)24(31-21-15-18(26(28,29)30)5-9-23(21)35-22)32-10-12-33(13-11-32)25(34)17-3-6-19(27)7-4-17/h2-9,14-15H,10-13H2,1H3. The Kier molecular flexibility index (Phi) is 5.70. The van der Waals surface area contributed by atoms with E-state index in [2.05, 4.69) is 4.99 Å². The van der Waals surface area contributed by atoms with Gasteiger partial charge in [0.15, 0.2) is 5.75 Å². The van der Waals surface area contributed by atoms with Crippen molar-refractivity contribution in [2.24, 2.45) is 4.99 Å². The molecule has 2 heterocycles. The van der Waals surface area contributed by atoms with Gasteiger partial charge in [-0.2, -0.15) is 13.2 Å². The van der Waals surface area contributed by atoms with Crippen LogP contribution >= 0.6 is 0 Å². The van der Waals surface area contributed by atoms with Gasteiger partial charge in [0.1, 0.15) is 23.1 Å². The predicted octanol–water partition coefficient (Wildman–Crippen LogP) is 5.79. The zero-order valence-corrected chi connectivity index (χ0v) is 18.8. The molecule has 0 bridgehead atoms. The lowest BCUT2D eigenvalue weighted by Crippen LogP contribution is -2.50. The number of rotatable bonds is 1. The highest BCUT2D eigenvalue weighted by Gasteiger charge is 2.33. The van der Waals surface area contributed by atoms with Gasteiger partial charge in [-0.05, 0) is 61.5 Å². The molecule has 0 N–H and O–H groups in total. The van der Waals surface area contributed by atoms with Gasteiger partial charge in [-0.15, -0.1) is 0 Å². The second-order valence-electron chi connectivity index (χ2n) is 8.50. The molecule has 0 aromatic heterocycles. The average Bonchev–Trinajstić information content (AvgIpc) is 3.00. The predicted molar refractivity (Wildman–Crippen MR) is 123 cm³/mol. The number of hydrogen-bond acceptors (Lipinski definition) is 4. The van der Waals surface area contributed by atoms with Crippen LogP contribution < -0.4 is 4.74 Å². The summed E-state index contributed by atoms with van der Waals surface area (Å²) in [4.78, 5) is 21.1. The number of piperazine rings is 1. The summed E-state index contributed by atoms with van der Waals surface area (Å²) in [5.41, 5.74) is 1.31. The fourth-order valence-electron chi connectivity index (χ4n) is 4.21. The van der Waals surface area contributed by atoms with E-state index in [1.165, 1.54) is 30.3 Å². The molecule has 0 radical (unpaired) electrons. The van der Waals surface area contributed by atoms with E-state index < -0.39 is 17.6 Å². The molecule has 2 aliphatic heterocycles. The van der Waals surface area contributed by atoms with Crippen molar-refractivity contribution in [2.75, 3.05) is 26.2 Å². The van der Waals surface area contributed by atoms with E-state index in [0.717, 1.165) is 17.7 Å². The van der Waals surface area contributed by atoms with Crippen LogP contribution in [-0.4, -0.2) is 47.7 Å². The number of ether oxygens (including phenoxy) is 1. The number of carbonyl (C=O) groups excluding carboxylic acids is 1. The summed E-state index contributed by atoms with van der Waals surface area (Å²) in [7, 11) is 0. The summed E-state index contributed by atoms with van der Waals surface area (Å²) in [5, 5.41) is 0. The number of aryl methyl sites for hydroxylation is 1. The van der Waals surface area contributed by atoms with Crippen molar-refractivity contribution in [3.8, 4) is 11.5 Å². The molecule has 5 nitrogen and oxygen atoms in total. The quantitative estimate of drug-likeness (QED) is 0.412. The maximum atomic E-state index is 13.3. The van der Waals surface area contributed by atoms with E-state index >= 15 is 0 Å². The van der Waals surface area contributed by atoms with Crippen molar-refractivity contribution in [1.29, 1.82) is 0 Å². The summed E-state index contributed by atoms with van der Waals surface area (Å²) < 4.78 is 59.2. The largest absolute Gasteiger partial charge is 0.454 e. The van der Waals surface area contributed by atoms with E-state index in [9.17, 15) is 22.4 Å². The molecule has 1 saturated heterocycles. The molecule has 0 saturated carbocycles. The Labute approximate surface area is 199 Å². The van der Waals surface area contributed by atoms with E-state index in [1.807, 2.05) is 24.0 Å². The third kappa shape index (κ3) is 4.58. The minimum atomic E-state index is -4.51. The van der Waals surface area contributed by atoms with Gasteiger partial charge in [0.05, 0.1) is 11.1 Å². The summed E-state index contributed by atoms with van der Waals surface area (Å²) >= 11 is 0. The fraction of sp³-hybridized carbons (Fsp3) is 0.231. The van der Waals surface area contributed by atoms with Gasteiger partial charge in [0.25, 0.3) is 5.91 Å². The van der Waals surface area contributed by atoms with E-state index in [4.69, 9.17) is 4.74 Å². The minimum Gasteiger partial charge on any atom is -0.454 e. The molecule has 35 heavy (non-hydrogen) atoms. The first kappa shape index (κ1) is 22.9. The molecule has 5 rings (SSSR count).